The van der Waals surface area contributed by atoms with Crippen molar-refractivity contribution >= 4 is 17.7 Å². The number of nitrogens with two attached hydrogens (primary N) is 1. The van der Waals surface area contributed by atoms with Crippen LogP contribution in [0.5, 0.6) is 0 Å². The van der Waals surface area contributed by atoms with Gasteiger partial charge in [0.25, 0.3) is 0 Å². The van der Waals surface area contributed by atoms with E-state index in [2.05, 4.69) is 31.2 Å². The first-order valence-electron chi connectivity index (χ1n) is 17.1. The third-order valence-corrected chi connectivity index (χ3v) is 10.2. The first-order chi connectivity index (χ1) is 22.6. The Morgan fingerprint density at radius 2 is 1.36 bits per heavy atom. The maximum absolute atomic E-state index is 14.6. The van der Waals surface area contributed by atoms with Crippen LogP contribution in [0.1, 0.15) is 56.6 Å². The molecule has 2 fully saturated rings. The molecule has 0 aromatic heterocycles. The Morgan fingerprint density at radius 3 is 1.96 bits per heavy atom. The summed E-state index contributed by atoms with van der Waals surface area (Å²) >= 11 is 0. The molecule has 0 radical (unpaired) electrons. The first kappa shape index (κ1) is 34.1. The third kappa shape index (κ3) is 8.77. The number of carbonyl (C=O) groups is 3. The highest BCUT2D eigenvalue weighted by Gasteiger charge is 2.37. The Bertz CT molecular complexity index is 1510. The average Bonchev–Trinajstić information content (AvgIpc) is 3.09. The van der Waals surface area contributed by atoms with Crippen LogP contribution in [-0.4, -0.2) is 77.2 Å². The highest BCUT2D eigenvalue weighted by Crippen LogP contribution is 2.32. The molecule has 2 atom stereocenters. The molecule has 0 spiro atoms. The minimum Gasteiger partial charge on any atom is -0.341 e. The quantitative estimate of drug-likeness (QED) is 0.252. The van der Waals surface area contributed by atoms with Gasteiger partial charge in [0.1, 0.15) is 12.1 Å². The van der Waals surface area contributed by atoms with E-state index in [0.717, 1.165) is 54.4 Å². The van der Waals surface area contributed by atoms with Gasteiger partial charge in [-0.3, -0.25) is 14.4 Å². The van der Waals surface area contributed by atoms with Crippen molar-refractivity contribution < 1.29 is 14.4 Å². The number of benzene rings is 3. The molecule has 7 heteroatoms. The first-order valence-corrected chi connectivity index (χ1v) is 17.1. The minimum atomic E-state index is -0.803. The number of hydrogen-bond donors (Lipinski definition) is 1. The van der Waals surface area contributed by atoms with Crippen LogP contribution >= 0.6 is 0 Å². The molecule has 2 aliphatic rings. The molecule has 0 unspecified atom stereocenters. The van der Waals surface area contributed by atoms with Gasteiger partial charge in [0.05, 0.1) is 0 Å². The van der Waals surface area contributed by atoms with Gasteiger partial charge in [-0.2, -0.15) is 0 Å². The molecule has 3 amide bonds. The van der Waals surface area contributed by atoms with E-state index in [0.29, 0.717) is 38.3 Å². The number of likely N-dealkylation sites (N-methyl/N-ethyl adjacent to an activating group) is 2. The molecule has 1 saturated heterocycles. The van der Waals surface area contributed by atoms with Crippen molar-refractivity contribution in [3.63, 3.8) is 0 Å². The van der Waals surface area contributed by atoms with Gasteiger partial charge in [-0.1, -0.05) is 97.9 Å². The number of rotatable bonds is 12. The summed E-state index contributed by atoms with van der Waals surface area (Å²) in [6.07, 6.45) is 9.69. The number of likely N-dealkylation sites (tertiary alicyclic amines) is 1. The number of piperidine rings is 1. The smallest absolute Gasteiger partial charge is 0.246 e. The van der Waals surface area contributed by atoms with Gasteiger partial charge in [-0.15, -0.1) is 0 Å². The normalized spacial score (nSPS) is 17.5. The Balaban J connectivity index is 1.40. The fraction of sp³-hybridized carbons (Fsp3) is 0.425. The molecule has 47 heavy (non-hydrogen) atoms. The van der Waals surface area contributed by atoms with Crippen LogP contribution in [-0.2, 0) is 27.2 Å². The summed E-state index contributed by atoms with van der Waals surface area (Å²) in [7, 11) is 3.40. The SMILES string of the molecule is CC1CCN(C(=O)[C@@H](Cc2ccccc2)N(C)C(=O)[C@@H](Cc2ccc(-c3ccccc3)cc2)N(C)C(=O)/C=C/CC2(N)CCC2)CC1. The molecule has 1 aliphatic heterocycles. The summed E-state index contributed by atoms with van der Waals surface area (Å²) in [5, 5.41) is 0. The van der Waals surface area contributed by atoms with Crippen LogP contribution in [0.4, 0.5) is 0 Å². The molecule has 0 bridgehead atoms. The lowest BCUT2D eigenvalue weighted by Crippen LogP contribution is -2.57. The molecule has 248 valence electrons. The third-order valence-electron chi connectivity index (χ3n) is 10.2. The van der Waals surface area contributed by atoms with Crippen molar-refractivity contribution in [2.24, 2.45) is 11.7 Å². The number of hydrogen-bond acceptors (Lipinski definition) is 4. The van der Waals surface area contributed by atoms with Crippen molar-refractivity contribution in [2.45, 2.75) is 75.9 Å². The molecule has 3 aromatic rings. The molecule has 3 aromatic carbocycles. The van der Waals surface area contributed by atoms with E-state index in [4.69, 9.17) is 5.73 Å². The molecule has 1 heterocycles. The van der Waals surface area contributed by atoms with Crippen LogP contribution in [0.2, 0.25) is 0 Å². The van der Waals surface area contributed by atoms with E-state index >= 15 is 0 Å². The maximum atomic E-state index is 14.6. The summed E-state index contributed by atoms with van der Waals surface area (Å²) in [6, 6.07) is 26.7. The lowest BCUT2D eigenvalue weighted by atomic mass is 9.75. The predicted molar refractivity (Wildman–Crippen MR) is 188 cm³/mol. The van der Waals surface area contributed by atoms with Gasteiger partial charge in [0, 0.05) is 45.6 Å². The number of amides is 3. The van der Waals surface area contributed by atoms with Gasteiger partial charge in [0.15, 0.2) is 0 Å². The fourth-order valence-electron chi connectivity index (χ4n) is 6.63. The van der Waals surface area contributed by atoms with E-state index in [-0.39, 0.29) is 23.3 Å². The van der Waals surface area contributed by atoms with Crippen molar-refractivity contribution in [2.75, 3.05) is 27.2 Å². The summed E-state index contributed by atoms with van der Waals surface area (Å²) in [5.41, 5.74) is 10.3. The van der Waals surface area contributed by atoms with E-state index < -0.39 is 12.1 Å². The molecule has 7 nitrogen and oxygen atoms in total. The Morgan fingerprint density at radius 1 is 0.809 bits per heavy atom. The largest absolute Gasteiger partial charge is 0.341 e. The Kier molecular flexibility index (Phi) is 11.3. The van der Waals surface area contributed by atoms with Crippen LogP contribution in [0.25, 0.3) is 11.1 Å². The standard InChI is InChI=1S/C40H50N4O3/c1-30-21-26-44(27-22-30)39(47)36(28-31-12-6-4-7-13-31)43(3)38(46)35(42(2)37(45)16-10-23-40(41)24-11-25-40)29-32-17-19-34(20-18-32)33-14-8-5-9-15-33/h4-10,12-20,30,35-36H,11,21-29,41H2,1-3H3/b16-10+/t35-,36-/m1/s1. The van der Waals surface area contributed by atoms with Gasteiger partial charge in [-0.25, -0.2) is 0 Å². The van der Waals surface area contributed by atoms with E-state index in [1.165, 1.54) is 4.90 Å². The van der Waals surface area contributed by atoms with E-state index in [1.807, 2.05) is 71.6 Å². The Labute approximate surface area is 280 Å². The second kappa shape index (κ2) is 15.6. The second-order valence-electron chi connectivity index (χ2n) is 13.7. The van der Waals surface area contributed by atoms with Gasteiger partial charge < -0.3 is 20.4 Å². The Hall–Kier alpha value is -4.23. The summed E-state index contributed by atoms with van der Waals surface area (Å²) in [6.45, 7) is 3.60. The topological polar surface area (TPSA) is 87.0 Å². The van der Waals surface area contributed by atoms with Crippen LogP contribution in [0, 0.1) is 5.92 Å². The monoisotopic (exact) mass is 634 g/mol. The predicted octanol–water partition coefficient (Wildman–Crippen LogP) is 5.88. The molecular weight excluding hydrogens is 584 g/mol. The van der Waals surface area contributed by atoms with Crippen LogP contribution in [0.15, 0.2) is 97.1 Å². The summed E-state index contributed by atoms with van der Waals surface area (Å²) in [5.74, 6) is 0.0341. The average molecular weight is 635 g/mol. The molecule has 1 saturated carbocycles. The van der Waals surface area contributed by atoms with Gasteiger partial charge >= 0.3 is 0 Å². The van der Waals surface area contributed by atoms with Gasteiger partial charge in [0.2, 0.25) is 17.7 Å². The zero-order chi connectivity index (χ0) is 33.4. The van der Waals surface area contributed by atoms with Crippen molar-refractivity contribution in [3.05, 3.63) is 108 Å². The van der Waals surface area contributed by atoms with Crippen molar-refractivity contribution in [1.29, 1.82) is 0 Å². The summed E-state index contributed by atoms with van der Waals surface area (Å²) < 4.78 is 0. The van der Waals surface area contributed by atoms with Crippen LogP contribution in [0.3, 0.4) is 0 Å². The summed E-state index contributed by atoms with van der Waals surface area (Å²) in [4.78, 5) is 47.3. The minimum absolute atomic E-state index is 0.0369. The molecule has 5 rings (SSSR count). The highest BCUT2D eigenvalue weighted by molar-refractivity contribution is 5.95. The van der Waals surface area contributed by atoms with Crippen molar-refractivity contribution in [3.8, 4) is 11.1 Å². The molecule has 1 aliphatic carbocycles. The second-order valence-corrected chi connectivity index (χ2v) is 13.7. The highest BCUT2D eigenvalue weighted by atomic mass is 16.2. The zero-order valence-corrected chi connectivity index (χ0v) is 28.2. The van der Waals surface area contributed by atoms with E-state index in [1.54, 1.807) is 25.1 Å². The molecule has 2 N–H and O–H groups in total. The lowest BCUT2D eigenvalue weighted by molar-refractivity contribution is -0.149. The van der Waals surface area contributed by atoms with E-state index in [9.17, 15) is 14.4 Å². The number of carbonyl (C=O) groups excluding carboxylic acids is 3. The fourth-order valence-corrected chi connectivity index (χ4v) is 6.63. The van der Waals surface area contributed by atoms with Crippen LogP contribution < -0.4 is 5.73 Å². The maximum Gasteiger partial charge on any atom is 0.246 e. The number of nitrogens with zero attached hydrogens (tertiary/aromatic N) is 3. The van der Waals surface area contributed by atoms with Gasteiger partial charge in [-0.05, 0) is 72.8 Å². The zero-order valence-electron chi connectivity index (χ0n) is 28.2. The van der Waals surface area contributed by atoms with Crippen molar-refractivity contribution in [1.82, 2.24) is 14.7 Å². The molecular formula is C40H50N4O3. The lowest BCUT2D eigenvalue weighted by Gasteiger charge is -2.38.